The highest BCUT2D eigenvalue weighted by atomic mass is 79.9. The van der Waals surface area contributed by atoms with Crippen LogP contribution in [0, 0.1) is 6.92 Å². The SMILES string of the molecule is Cc1csc(=NC2CCCCC2)n1N=Cc1c[nH]c2ccc(Br)cc12. The number of hydrogen-bond donors (Lipinski definition) is 1. The molecule has 1 fully saturated rings. The molecule has 0 unspecified atom stereocenters. The molecular weight excluding hydrogens is 396 g/mol. The maximum atomic E-state index is 4.97. The van der Waals surface area contributed by atoms with Gasteiger partial charge in [-0.15, -0.1) is 11.3 Å². The molecule has 4 rings (SSSR count). The van der Waals surface area contributed by atoms with Gasteiger partial charge in [-0.25, -0.2) is 4.68 Å². The van der Waals surface area contributed by atoms with Crippen LogP contribution in [0.15, 0.2) is 44.3 Å². The minimum Gasteiger partial charge on any atom is -0.361 e. The molecule has 0 saturated heterocycles. The fourth-order valence-corrected chi connectivity index (χ4v) is 4.56. The minimum absolute atomic E-state index is 0.456. The summed E-state index contributed by atoms with van der Waals surface area (Å²) in [5, 5.41) is 8.02. The van der Waals surface area contributed by atoms with Crippen LogP contribution in [0.25, 0.3) is 10.9 Å². The number of halogens is 1. The Morgan fingerprint density at radius 3 is 2.96 bits per heavy atom. The molecule has 2 aromatic heterocycles. The Bertz CT molecular complexity index is 973. The first-order valence-corrected chi connectivity index (χ1v) is 10.4. The zero-order chi connectivity index (χ0) is 17.2. The number of aryl methyl sites for hydroxylation is 1. The molecule has 2 heterocycles. The van der Waals surface area contributed by atoms with Gasteiger partial charge in [0, 0.05) is 32.5 Å². The first kappa shape index (κ1) is 16.8. The summed E-state index contributed by atoms with van der Waals surface area (Å²) in [7, 11) is 0. The van der Waals surface area contributed by atoms with Crippen LogP contribution in [-0.2, 0) is 0 Å². The summed E-state index contributed by atoms with van der Waals surface area (Å²) in [5.74, 6) is 0. The number of fused-ring (bicyclic) bond motifs is 1. The molecule has 0 atom stereocenters. The van der Waals surface area contributed by atoms with E-state index in [1.54, 1.807) is 11.3 Å². The summed E-state index contributed by atoms with van der Waals surface area (Å²) in [5.41, 5.74) is 3.32. The van der Waals surface area contributed by atoms with Crippen molar-refractivity contribution in [2.75, 3.05) is 0 Å². The third-order valence-corrected chi connectivity index (χ3v) is 6.15. The molecule has 0 radical (unpaired) electrons. The van der Waals surface area contributed by atoms with Crippen molar-refractivity contribution in [2.45, 2.75) is 45.1 Å². The second-order valence-electron chi connectivity index (χ2n) is 6.57. The molecule has 6 heteroatoms. The van der Waals surface area contributed by atoms with Crippen LogP contribution in [0.4, 0.5) is 0 Å². The van der Waals surface area contributed by atoms with E-state index in [0.29, 0.717) is 6.04 Å². The molecule has 1 aliphatic carbocycles. The standard InChI is InChI=1S/C19H21BrN4S/c1-13-12-25-19(23-16-5-3-2-4-6-16)24(13)22-11-14-10-21-18-8-7-15(20)9-17(14)18/h7-12,16,21H,2-6H2,1H3. The van der Waals surface area contributed by atoms with Gasteiger partial charge in [0.05, 0.1) is 18.0 Å². The molecule has 0 aliphatic heterocycles. The van der Waals surface area contributed by atoms with Crippen molar-refractivity contribution in [3.8, 4) is 0 Å². The van der Waals surface area contributed by atoms with Crippen molar-refractivity contribution in [1.82, 2.24) is 9.66 Å². The predicted octanol–water partition coefficient (Wildman–Crippen LogP) is 5.22. The molecule has 1 N–H and O–H groups in total. The van der Waals surface area contributed by atoms with E-state index in [1.165, 1.54) is 32.1 Å². The maximum Gasteiger partial charge on any atom is 0.206 e. The summed E-state index contributed by atoms with van der Waals surface area (Å²) >= 11 is 5.22. The van der Waals surface area contributed by atoms with Gasteiger partial charge in [-0.1, -0.05) is 35.2 Å². The van der Waals surface area contributed by atoms with Gasteiger partial charge in [-0.05, 0) is 38.0 Å². The number of H-pyrrole nitrogens is 1. The number of hydrogen-bond acceptors (Lipinski definition) is 3. The molecule has 1 saturated carbocycles. The van der Waals surface area contributed by atoms with E-state index >= 15 is 0 Å². The zero-order valence-corrected chi connectivity index (χ0v) is 16.6. The fraction of sp³-hybridized carbons (Fsp3) is 0.368. The smallest absolute Gasteiger partial charge is 0.206 e. The molecule has 0 spiro atoms. The Balaban J connectivity index is 1.68. The lowest BCUT2D eigenvalue weighted by Crippen LogP contribution is -2.19. The van der Waals surface area contributed by atoms with Crippen LogP contribution >= 0.6 is 27.3 Å². The first-order valence-electron chi connectivity index (χ1n) is 8.73. The van der Waals surface area contributed by atoms with E-state index in [9.17, 15) is 0 Å². The monoisotopic (exact) mass is 416 g/mol. The van der Waals surface area contributed by atoms with Crippen LogP contribution in [-0.4, -0.2) is 21.9 Å². The van der Waals surface area contributed by atoms with Crippen LogP contribution in [0.5, 0.6) is 0 Å². The summed E-state index contributed by atoms with van der Waals surface area (Å²) in [6, 6.07) is 6.69. The molecule has 0 amide bonds. The lowest BCUT2D eigenvalue weighted by molar-refractivity contribution is 0.435. The fourth-order valence-electron chi connectivity index (χ4n) is 3.32. The topological polar surface area (TPSA) is 45.4 Å². The highest BCUT2D eigenvalue weighted by Gasteiger charge is 2.12. The number of aromatic amines is 1. The van der Waals surface area contributed by atoms with Gasteiger partial charge >= 0.3 is 0 Å². The molecule has 130 valence electrons. The Morgan fingerprint density at radius 2 is 2.12 bits per heavy atom. The van der Waals surface area contributed by atoms with Gasteiger partial charge < -0.3 is 4.98 Å². The van der Waals surface area contributed by atoms with Crippen LogP contribution in [0.1, 0.15) is 43.4 Å². The molecule has 3 aromatic rings. The van der Waals surface area contributed by atoms with Gasteiger partial charge in [0.2, 0.25) is 4.80 Å². The number of nitrogens with one attached hydrogen (secondary N) is 1. The van der Waals surface area contributed by atoms with Crippen LogP contribution < -0.4 is 4.80 Å². The van der Waals surface area contributed by atoms with E-state index in [4.69, 9.17) is 10.1 Å². The zero-order valence-electron chi connectivity index (χ0n) is 14.2. The number of aromatic nitrogens is 2. The summed E-state index contributed by atoms with van der Waals surface area (Å²) in [6.45, 7) is 2.08. The summed E-state index contributed by atoms with van der Waals surface area (Å²) in [4.78, 5) is 9.27. The van der Waals surface area contributed by atoms with Crippen molar-refractivity contribution in [3.63, 3.8) is 0 Å². The van der Waals surface area contributed by atoms with Gasteiger partial charge in [-0.3, -0.25) is 4.99 Å². The molecule has 25 heavy (non-hydrogen) atoms. The lowest BCUT2D eigenvalue weighted by atomic mass is 9.96. The minimum atomic E-state index is 0.456. The molecule has 1 aromatic carbocycles. The first-order chi connectivity index (χ1) is 12.2. The third kappa shape index (κ3) is 3.65. The second kappa shape index (κ2) is 7.30. The summed E-state index contributed by atoms with van der Waals surface area (Å²) in [6.07, 6.45) is 10.3. The summed E-state index contributed by atoms with van der Waals surface area (Å²) < 4.78 is 3.04. The average Bonchev–Trinajstić information content (AvgIpc) is 3.17. The molecule has 1 aliphatic rings. The normalized spacial score (nSPS) is 17.1. The molecule has 0 bridgehead atoms. The Morgan fingerprint density at radius 1 is 1.28 bits per heavy atom. The van der Waals surface area contributed by atoms with Crippen molar-refractivity contribution in [1.29, 1.82) is 0 Å². The van der Waals surface area contributed by atoms with E-state index in [1.807, 2.05) is 23.2 Å². The third-order valence-electron chi connectivity index (χ3n) is 4.71. The van der Waals surface area contributed by atoms with Gasteiger partial charge in [-0.2, -0.15) is 5.10 Å². The van der Waals surface area contributed by atoms with Crippen LogP contribution in [0.2, 0.25) is 0 Å². The number of benzene rings is 1. The van der Waals surface area contributed by atoms with E-state index in [0.717, 1.165) is 31.4 Å². The largest absolute Gasteiger partial charge is 0.361 e. The Hall–Kier alpha value is -1.66. The quantitative estimate of drug-likeness (QED) is 0.569. The second-order valence-corrected chi connectivity index (χ2v) is 8.32. The van der Waals surface area contributed by atoms with Crippen molar-refractivity contribution in [3.05, 3.63) is 50.3 Å². The number of thiazole rings is 1. The lowest BCUT2D eigenvalue weighted by Gasteiger charge is -2.16. The Kier molecular flexibility index (Phi) is 4.90. The highest BCUT2D eigenvalue weighted by Crippen LogP contribution is 2.22. The number of nitrogens with zero attached hydrogens (tertiary/aromatic N) is 3. The molecular formula is C19H21BrN4S. The van der Waals surface area contributed by atoms with Crippen molar-refractivity contribution >= 4 is 44.4 Å². The van der Waals surface area contributed by atoms with Gasteiger partial charge in [0.25, 0.3) is 0 Å². The van der Waals surface area contributed by atoms with E-state index in [2.05, 4.69) is 45.4 Å². The van der Waals surface area contributed by atoms with Gasteiger partial charge in [0.15, 0.2) is 0 Å². The highest BCUT2D eigenvalue weighted by molar-refractivity contribution is 9.10. The van der Waals surface area contributed by atoms with Crippen LogP contribution in [0.3, 0.4) is 0 Å². The van der Waals surface area contributed by atoms with Crippen molar-refractivity contribution in [2.24, 2.45) is 10.1 Å². The average molecular weight is 417 g/mol. The van der Waals surface area contributed by atoms with E-state index < -0.39 is 0 Å². The molecule has 4 nitrogen and oxygen atoms in total. The maximum absolute atomic E-state index is 4.97. The number of rotatable bonds is 3. The van der Waals surface area contributed by atoms with E-state index in [-0.39, 0.29) is 0 Å². The van der Waals surface area contributed by atoms with Crippen molar-refractivity contribution < 1.29 is 0 Å². The Labute approximate surface area is 159 Å². The van der Waals surface area contributed by atoms with Gasteiger partial charge in [0.1, 0.15) is 0 Å². The predicted molar refractivity (Wildman–Crippen MR) is 108 cm³/mol.